The zero-order valence-electron chi connectivity index (χ0n) is 9.23. The Hall–Kier alpha value is -1.84. The molecule has 1 rings (SSSR count). The van der Waals surface area contributed by atoms with Crippen LogP contribution in [-0.2, 0) is 14.3 Å². The van der Waals surface area contributed by atoms with Crippen LogP contribution < -0.4 is 5.32 Å². The Morgan fingerprint density at radius 3 is 2.69 bits per heavy atom. The average molecular weight is 221 g/mol. The van der Waals surface area contributed by atoms with Crippen LogP contribution in [0.15, 0.2) is 37.0 Å². The molecule has 0 saturated carbocycles. The van der Waals surface area contributed by atoms with Crippen molar-refractivity contribution < 1.29 is 14.3 Å². The number of cyclic esters (lactones) is 1. The molecule has 1 saturated heterocycles. The largest absolute Gasteiger partial charge is 0.461 e. The predicted molar refractivity (Wildman–Crippen MR) is 60.6 cm³/mol. The maximum absolute atomic E-state index is 11.7. The summed E-state index contributed by atoms with van der Waals surface area (Å²) in [4.78, 5) is 23.0. The molecule has 0 aromatic heterocycles. The van der Waals surface area contributed by atoms with Crippen molar-refractivity contribution in [1.82, 2.24) is 5.32 Å². The Bertz CT molecular complexity index is 357. The van der Waals surface area contributed by atoms with E-state index in [1.165, 1.54) is 18.2 Å². The summed E-state index contributed by atoms with van der Waals surface area (Å²) in [5.74, 6) is -0.728. The lowest BCUT2D eigenvalue weighted by Gasteiger charge is -2.08. The van der Waals surface area contributed by atoms with Gasteiger partial charge in [-0.15, -0.1) is 0 Å². The highest BCUT2D eigenvalue weighted by atomic mass is 16.6. The second kappa shape index (κ2) is 5.30. The number of rotatable bonds is 4. The van der Waals surface area contributed by atoms with E-state index in [1.54, 1.807) is 6.92 Å². The van der Waals surface area contributed by atoms with Crippen LogP contribution in [0.5, 0.6) is 0 Å². The summed E-state index contributed by atoms with van der Waals surface area (Å²) in [5.41, 5.74) is 0.377. The van der Waals surface area contributed by atoms with Crippen LogP contribution in [0.25, 0.3) is 0 Å². The van der Waals surface area contributed by atoms with E-state index in [1.807, 2.05) is 0 Å². The quantitative estimate of drug-likeness (QED) is 0.439. The normalized spacial score (nSPS) is 24.8. The van der Waals surface area contributed by atoms with Crippen LogP contribution in [-0.4, -0.2) is 24.0 Å². The van der Waals surface area contributed by atoms with E-state index in [-0.39, 0.29) is 18.0 Å². The Morgan fingerprint density at radius 1 is 1.56 bits per heavy atom. The minimum atomic E-state index is -0.560. The molecule has 4 nitrogen and oxygen atoms in total. The number of carbonyl (C=O) groups excluding carboxylic acids is 2. The summed E-state index contributed by atoms with van der Waals surface area (Å²) in [5, 5.41) is 2.59. The number of nitrogens with one attached hydrogen (secondary N) is 1. The standard InChI is InChI=1S/C12H15NO3/c1-4-6-9(5-2)11(14)13-10-7-8(3)16-12(10)15/h4-6,8,10H,1-2,7H2,3H3,(H,13,14)/b9-6+. The molecular weight excluding hydrogens is 206 g/mol. The van der Waals surface area contributed by atoms with Gasteiger partial charge in [-0.1, -0.05) is 31.4 Å². The monoisotopic (exact) mass is 221 g/mol. The van der Waals surface area contributed by atoms with E-state index in [4.69, 9.17) is 4.74 Å². The summed E-state index contributed by atoms with van der Waals surface area (Å²) in [6.45, 7) is 8.80. The first-order chi connectivity index (χ1) is 7.58. The third kappa shape index (κ3) is 2.82. The highest BCUT2D eigenvalue weighted by Gasteiger charge is 2.33. The van der Waals surface area contributed by atoms with Crippen molar-refractivity contribution >= 4 is 11.9 Å². The predicted octanol–water partition coefficient (Wildman–Crippen LogP) is 1.10. The van der Waals surface area contributed by atoms with Crippen molar-refractivity contribution in [2.75, 3.05) is 0 Å². The fourth-order valence-corrected chi connectivity index (χ4v) is 1.48. The summed E-state index contributed by atoms with van der Waals surface area (Å²) < 4.78 is 4.93. The first kappa shape index (κ1) is 12.2. The van der Waals surface area contributed by atoms with Crippen molar-refractivity contribution in [3.8, 4) is 0 Å². The fraction of sp³-hybridized carbons (Fsp3) is 0.333. The molecule has 1 heterocycles. The molecule has 1 aliphatic heterocycles. The molecule has 86 valence electrons. The lowest BCUT2D eigenvalue weighted by molar-refractivity contribution is -0.143. The van der Waals surface area contributed by atoms with Gasteiger partial charge in [0.25, 0.3) is 5.91 Å². The summed E-state index contributed by atoms with van der Waals surface area (Å²) in [6, 6.07) is -0.560. The third-order valence-corrected chi connectivity index (χ3v) is 2.25. The lowest BCUT2D eigenvalue weighted by Crippen LogP contribution is -2.38. The molecule has 1 amide bonds. The highest BCUT2D eigenvalue weighted by molar-refractivity contribution is 5.98. The van der Waals surface area contributed by atoms with E-state index >= 15 is 0 Å². The van der Waals surface area contributed by atoms with Crippen LogP contribution in [0, 0.1) is 0 Å². The van der Waals surface area contributed by atoms with Crippen LogP contribution in [0.3, 0.4) is 0 Å². The molecule has 1 N–H and O–H groups in total. The number of amides is 1. The van der Waals surface area contributed by atoms with Gasteiger partial charge in [-0.25, -0.2) is 4.79 Å². The zero-order chi connectivity index (χ0) is 12.1. The van der Waals surface area contributed by atoms with E-state index in [2.05, 4.69) is 18.5 Å². The first-order valence-corrected chi connectivity index (χ1v) is 5.05. The van der Waals surface area contributed by atoms with Crippen molar-refractivity contribution in [3.05, 3.63) is 37.0 Å². The van der Waals surface area contributed by atoms with Crippen molar-refractivity contribution in [2.24, 2.45) is 0 Å². The van der Waals surface area contributed by atoms with Crippen LogP contribution in [0.4, 0.5) is 0 Å². The molecule has 0 radical (unpaired) electrons. The maximum atomic E-state index is 11.7. The number of carbonyl (C=O) groups is 2. The molecule has 0 aromatic rings. The summed E-state index contributed by atoms with van der Waals surface area (Å²) >= 11 is 0. The molecule has 0 aliphatic carbocycles. The zero-order valence-corrected chi connectivity index (χ0v) is 9.23. The SMILES string of the molecule is C=C/C=C(\C=C)C(=O)NC1CC(C)OC1=O. The number of allylic oxidation sites excluding steroid dienone is 2. The second-order valence-corrected chi connectivity index (χ2v) is 3.57. The van der Waals surface area contributed by atoms with Crippen molar-refractivity contribution in [1.29, 1.82) is 0 Å². The van der Waals surface area contributed by atoms with Crippen LogP contribution in [0.2, 0.25) is 0 Å². The third-order valence-electron chi connectivity index (χ3n) is 2.25. The smallest absolute Gasteiger partial charge is 0.329 e. The van der Waals surface area contributed by atoms with Gasteiger partial charge in [0.1, 0.15) is 12.1 Å². The summed E-state index contributed by atoms with van der Waals surface area (Å²) in [6.07, 6.45) is 4.80. The molecule has 16 heavy (non-hydrogen) atoms. The van der Waals surface area contributed by atoms with Gasteiger partial charge in [0.2, 0.25) is 0 Å². The molecule has 4 heteroatoms. The number of hydrogen-bond donors (Lipinski definition) is 1. The van der Waals surface area contributed by atoms with Gasteiger partial charge in [0.15, 0.2) is 0 Å². The molecule has 0 spiro atoms. The molecule has 1 fully saturated rings. The van der Waals surface area contributed by atoms with Crippen LogP contribution >= 0.6 is 0 Å². The Labute approximate surface area is 94.7 Å². The molecule has 2 unspecified atom stereocenters. The second-order valence-electron chi connectivity index (χ2n) is 3.57. The molecule has 0 aromatic carbocycles. The topological polar surface area (TPSA) is 55.4 Å². The van der Waals surface area contributed by atoms with Crippen molar-refractivity contribution in [3.63, 3.8) is 0 Å². The molecular formula is C12H15NO3. The minimum Gasteiger partial charge on any atom is -0.461 e. The van der Waals surface area contributed by atoms with Gasteiger partial charge < -0.3 is 10.1 Å². The van der Waals surface area contributed by atoms with E-state index in [0.717, 1.165) is 0 Å². The Balaban J connectivity index is 2.64. The highest BCUT2D eigenvalue weighted by Crippen LogP contribution is 2.14. The maximum Gasteiger partial charge on any atom is 0.329 e. The first-order valence-electron chi connectivity index (χ1n) is 5.05. The Morgan fingerprint density at radius 2 is 2.25 bits per heavy atom. The van der Waals surface area contributed by atoms with Gasteiger partial charge in [-0.05, 0) is 6.92 Å². The van der Waals surface area contributed by atoms with Gasteiger partial charge in [-0.3, -0.25) is 4.79 Å². The van der Waals surface area contributed by atoms with Gasteiger partial charge in [-0.2, -0.15) is 0 Å². The van der Waals surface area contributed by atoms with Crippen molar-refractivity contribution in [2.45, 2.75) is 25.5 Å². The Kier molecular flexibility index (Phi) is 4.05. The lowest BCUT2D eigenvalue weighted by atomic mass is 10.1. The number of esters is 1. The van der Waals surface area contributed by atoms with E-state index < -0.39 is 6.04 Å². The fourth-order valence-electron chi connectivity index (χ4n) is 1.48. The average Bonchev–Trinajstić information content (AvgIpc) is 2.53. The number of hydrogen-bond acceptors (Lipinski definition) is 3. The molecule has 0 bridgehead atoms. The van der Waals surface area contributed by atoms with Gasteiger partial charge in [0, 0.05) is 12.0 Å². The van der Waals surface area contributed by atoms with Gasteiger partial charge >= 0.3 is 5.97 Å². The van der Waals surface area contributed by atoms with Gasteiger partial charge in [0.05, 0.1) is 0 Å². The van der Waals surface area contributed by atoms with E-state index in [0.29, 0.717) is 12.0 Å². The summed E-state index contributed by atoms with van der Waals surface area (Å²) in [7, 11) is 0. The minimum absolute atomic E-state index is 0.145. The molecule has 2 atom stereocenters. The van der Waals surface area contributed by atoms with Crippen LogP contribution in [0.1, 0.15) is 13.3 Å². The van der Waals surface area contributed by atoms with E-state index in [9.17, 15) is 9.59 Å². The number of ether oxygens (including phenoxy) is 1. The molecule has 1 aliphatic rings.